The van der Waals surface area contributed by atoms with Crippen LogP contribution in [0.1, 0.15) is 32.6 Å². The lowest BCUT2D eigenvalue weighted by molar-refractivity contribution is -0.133. The summed E-state index contributed by atoms with van der Waals surface area (Å²) in [5.74, 6) is 0.221. The minimum Gasteiger partial charge on any atom is -0.395 e. The third-order valence-corrected chi connectivity index (χ3v) is 3.59. The first-order chi connectivity index (χ1) is 7.72. The molecule has 2 aliphatic rings. The summed E-state index contributed by atoms with van der Waals surface area (Å²) in [6.45, 7) is 4.65. The summed E-state index contributed by atoms with van der Waals surface area (Å²) in [7, 11) is 0. The van der Waals surface area contributed by atoms with Crippen LogP contribution in [0.4, 0.5) is 0 Å². The van der Waals surface area contributed by atoms with Gasteiger partial charge in [0.25, 0.3) is 0 Å². The lowest BCUT2D eigenvalue weighted by atomic mass is 10.0. The highest BCUT2D eigenvalue weighted by atomic mass is 16.3. The van der Waals surface area contributed by atoms with Crippen molar-refractivity contribution >= 4 is 5.91 Å². The fourth-order valence-electron chi connectivity index (χ4n) is 2.77. The normalized spacial score (nSPS) is 26.8. The number of hydrogen-bond donors (Lipinski definition) is 1. The number of carbonyl (C=O) groups excluding carboxylic acids is 1. The molecule has 0 aromatic rings. The van der Waals surface area contributed by atoms with Gasteiger partial charge in [-0.25, -0.2) is 0 Å². The number of likely N-dealkylation sites (tertiary alicyclic amines) is 1. The molecule has 1 saturated carbocycles. The Kier molecular flexibility index (Phi) is 3.82. The summed E-state index contributed by atoms with van der Waals surface area (Å²) in [6.07, 6.45) is 4.62. The number of aliphatic hydroxyl groups is 1. The van der Waals surface area contributed by atoms with Gasteiger partial charge >= 0.3 is 0 Å². The minimum atomic E-state index is 0.218. The van der Waals surface area contributed by atoms with E-state index in [9.17, 15) is 4.79 Å². The topological polar surface area (TPSA) is 43.8 Å². The largest absolute Gasteiger partial charge is 0.395 e. The molecule has 1 heterocycles. The van der Waals surface area contributed by atoms with Crippen molar-refractivity contribution in [1.29, 1.82) is 0 Å². The van der Waals surface area contributed by atoms with Crippen LogP contribution < -0.4 is 0 Å². The van der Waals surface area contributed by atoms with Crippen LogP contribution in [0.15, 0.2) is 0 Å². The molecule has 0 bridgehead atoms. The van der Waals surface area contributed by atoms with E-state index in [4.69, 9.17) is 5.11 Å². The Morgan fingerprint density at radius 1 is 1.38 bits per heavy atom. The monoisotopic (exact) mass is 226 g/mol. The fraction of sp³-hybridized carbons (Fsp3) is 0.917. The molecule has 2 fully saturated rings. The predicted octanol–water partition coefficient (Wildman–Crippen LogP) is 0.454. The number of amides is 1. The van der Waals surface area contributed by atoms with Crippen LogP contribution in [0, 0.1) is 0 Å². The third kappa shape index (κ3) is 2.74. The van der Waals surface area contributed by atoms with Gasteiger partial charge < -0.3 is 10.0 Å². The van der Waals surface area contributed by atoms with Crippen molar-refractivity contribution in [2.75, 3.05) is 26.2 Å². The Hall–Kier alpha value is -0.610. The summed E-state index contributed by atoms with van der Waals surface area (Å²) >= 11 is 0. The van der Waals surface area contributed by atoms with E-state index in [1.165, 1.54) is 12.8 Å². The van der Waals surface area contributed by atoms with Gasteiger partial charge in [-0.3, -0.25) is 9.69 Å². The maximum Gasteiger partial charge on any atom is 0.219 e. The van der Waals surface area contributed by atoms with Gasteiger partial charge in [0.15, 0.2) is 0 Å². The molecule has 0 unspecified atom stereocenters. The van der Waals surface area contributed by atoms with E-state index in [0.717, 1.165) is 32.5 Å². The minimum absolute atomic E-state index is 0.218. The summed E-state index contributed by atoms with van der Waals surface area (Å²) in [6, 6.07) is 0.891. The zero-order valence-corrected chi connectivity index (χ0v) is 10.1. The molecular formula is C12H22N2O2. The van der Waals surface area contributed by atoms with E-state index < -0.39 is 0 Å². The van der Waals surface area contributed by atoms with Crippen LogP contribution >= 0.6 is 0 Å². The second-order valence-corrected chi connectivity index (χ2v) is 4.98. The second-order valence-electron chi connectivity index (χ2n) is 4.98. The fourth-order valence-corrected chi connectivity index (χ4v) is 2.77. The number of rotatable bonds is 4. The van der Waals surface area contributed by atoms with Crippen molar-refractivity contribution in [3.63, 3.8) is 0 Å². The molecule has 0 radical (unpaired) electrons. The van der Waals surface area contributed by atoms with Gasteiger partial charge in [-0.2, -0.15) is 0 Å². The SMILES string of the molecule is CC(=O)N(C1CC1)[C@@H]1CCCN(CCO)C1. The van der Waals surface area contributed by atoms with Gasteiger partial charge in [0.1, 0.15) is 0 Å². The van der Waals surface area contributed by atoms with Crippen LogP contribution in [0.3, 0.4) is 0 Å². The number of β-amino-alcohol motifs (C(OH)–C–C–N with tert-alkyl or cyclic N) is 1. The second kappa shape index (κ2) is 5.15. The van der Waals surface area contributed by atoms with E-state index in [1.54, 1.807) is 6.92 Å². The van der Waals surface area contributed by atoms with Crippen molar-refractivity contribution in [3.05, 3.63) is 0 Å². The molecule has 4 nitrogen and oxygen atoms in total. The number of piperidine rings is 1. The van der Waals surface area contributed by atoms with E-state index >= 15 is 0 Å². The van der Waals surface area contributed by atoms with E-state index in [2.05, 4.69) is 9.80 Å². The first kappa shape index (κ1) is 11.9. The first-order valence-electron chi connectivity index (χ1n) is 6.34. The Morgan fingerprint density at radius 3 is 2.69 bits per heavy atom. The number of hydrogen-bond acceptors (Lipinski definition) is 3. The van der Waals surface area contributed by atoms with Crippen molar-refractivity contribution in [1.82, 2.24) is 9.80 Å². The average molecular weight is 226 g/mol. The van der Waals surface area contributed by atoms with Crippen molar-refractivity contribution < 1.29 is 9.90 Å². The Labute approximate surface area is 97.2 Å². The molecule has 1 N–H and O–H groups in total. The van der Waals surface area contributed by atoms with E-state index in [0.29, 0.717) is 12.1 Å². The van der Waals surface area contributed by atoms with Gasteiger partial charge in [0.05, 0.1) is 6.61 Å². The summed E-state index contributed by atoms with van der Waals surface area (Å²) < 4.78 is 0. The van der Waals surface area contributed by atoms with Crippen LogP contribution in [-0.2, 0) is 4.79 Å². The predicted molar refractivity (Wildman–Crippen MR) is 62.1 cm³/mol. The van der Waals surface area contributed by atoms with Gasteiger partial charge in [-0.05, 0) is 32.2 Å². The number of nitrogens with zero attached hydrogens (tertiary/aromatic N) is 2. The molecule has 1 aliphatic carbocycles. The van der Waals surface area contributed by atoms with Gasteiger partial charge in [0, 0.05) is 32.1 Å². The highest BCUT2D eigenvalue weighted by Crippen LogP contribution is 2.31. The molecule has 0 aromatic heterocycles. The standard InChI is InChI=1S/C12H22N2O2/c1-10(16)14(11-4-5-11)12-3-2-6-13(9-12)7-8-15/h11-12,15H,2-9H2,1H3/t12-/m1/s1. The van der Waals surface area contributed by atoms with E-state index in [-0.39, 0.29) is 12.5 Å². The molecule has 1 atom stereocenters. The van der Waals surface area contributed by atoms with Crippen molar-refractivity contribution in [3.8, 4) is 0 Å². The molecule has 1 aliphatic heterocycles. The zero-order valence-electron chi connectivity index (χ0n) is 10.1. The number of carbonyl (C=O) groups is 1. The maximum atomic E-state index is 11.6. The molecule has 0 aromatic carbocycles. The quantitative estimate of drug-likeness (QED) is 0.757. The molecular weight excluding hydrogens is 204 g/mol. The van der Waals surface area contributed by atoms with E-state index in [1.807, 2.05) is 0 Å². The van der Waals surface area contributed by atoms with Crippen LogP contribution in [0.5, 0.6) is 0 Å². The lowest BCUT2D eigenvalue weighted by Crippen LogP contribution is -2.51. The Morgan fingerprint density at radius 2 is 2.12 bits per heavy atom. The first-order valence-corrected chi connectivity index (χ1v) is 6.34. The molecule has 92 valence electrons. The molecule has 16 heavy (non-hydrogen) atoms. The van der Waals surface area contributed by atoms with Crippen molar-refractivity contribution in [2.24, 2.45) is 0 Å². The van der Waals surface area contributed by atoms with Gasteiger partial charge in [0.2, 0.25) is 5.91 Å². The Balaban J connectivity index is 1.93. The van der Waals surface area contributed by atoms with Crippen molar-refractivity contribution in [2.45, 2.75) is 44.7 Å². The lowest BCUT2D eigenvalue weighted by Gasteiger charge is -2.39. The molecule has 1 amide bonds. The molecule has 4 heteroatoms. The maximum absolute atomic E-state index is 11.6. The Bertz CT molecular complexity index is 251. The summed E-state index contributed by atoms with van der Waals surface area (Å²) in [4.78, 5) is 16.0. The third-order valence-electron chi connectivity index (χ3n) is 3.59. The smallest absolute Gasteiger partial charge is 0.219 e. The van der Waals surface area contributed by atoms with Crippen LogP contribution in [-0.4, -0.2) is 59.1 Å². The van der Waals surface area contributed by atoms with Crippen LogP contribution in [0.2, 0.25) is 0 Å². The molecule has 0 spiro atoms. The summed E-state index contributed by atoms with van der Waals surface area (Å²) in [5.41, 5.74) is 0. The average Bonchev–Trinajstić information content (AvgIpc) is 3.03. The molecule has 2 rings (SSSR count). The summed E-state index contributed by atoms with van der Waals surface area (Å²) in [5, 5.41) is 8.95. The van der Waals surface area contributed by atoms with Gasteiger partial charge in [-0.1, -0.05) is 0 Å². The molecule has 1 saturated heterocycles. The van der Waals surface area contributed by atoms with Crippen LogP contribution in [0.25, 0.3) is 0 Å². The number of aliphatic hydroxyl groups excluding tert-OH is 1. The highest BCUT2D eigenvalue weighted by Gasteiger charge is 2.37. The zero-order chi connectivity index (χ0) is 11.5. The van der Waals surface area contributed by atoms with Gasteiger partial charge in [-0.15, -0.1) is 0 Å². The highest BCUT2D eigenvalue weighted by molar-refractivity contribution is 5.74.